The van der Waals surface area contributed by atoms with E-state index < -0.39 is 0 Å². The minimum atomic E-state index is -0.302. The maximum atomic E-state index is 13.1. The molecule has 0 amide bonds. The van der Waals surface area contributed by atoms with Crippen LogP contribution in [0.15, 0.2) is 30.3 Å². The van der Waals surface area contributed by atoms with Gasteiger partial charge in [-0.3, -0.25) is 4.79 Å². The van der Waals surface area contributed by atoms with Crippen LogP contribution in [0.5, 0.6) is 0 Å². The van der Waals surface area contributed by atoms with Gasteiger partial charge in [-0.05, 0) is 68.0 Å². The molecule has 2 atom stereocenters. The summed E-state index contributed by atoms with van der Waals surface area (Å²) in [6.07, 6.45) is 0. The van der Waals surface area contributed by atoms with Gasteiger partial charge in [-0.1, -0.05) is 62.2 Å². The van der Waals surface area contributed by atoms with Gasteiger partial charge in [0.05, 0.1) is 9.65 Å². The number of hydrogen-bond donors (Lipinski definition) is 0. The summed E-state index contributed by atoms with van der Waals surface area (Å²) < 4.78 is 0. The molecule has 2 rings (SSSR count). The van der Waals surface area contributed by atoms with Crippen molar-refractivity contribution in [2.24, 2.45) is 0 Å². The van der Waals surface area contributed by atoms with Crippen molar-refractivity contribution in [3.05, 3.63) is 69.3 Å². The molecular formula is C20H22Br2O. The summed E-state index contributed by atoms with van der Waals surface area (Å²) in [6.45, 7) is 10.4. The summed E-state index contributed by atoms with van der Waals surface area (Å²) in [6, 6.07) is 10.0. The van der Waals surface area contributed by atoms with Crippen molar-refractivity contribution in [1.29, 1.82) is 0 Å². The average Bonchev–Trinajstić information content (AvgIpc) is 2.57. The average molecular weight is 438 g/mol. The van der Waals surface area contributed by atoms with Crippen molar-refractivity contribution >= 4 is 37.6 Å². The van der Waals surface area contributed by atoms with Crippen LogP contribution in [0.25, 0.3) is 0 Å². The molecule has 0 heterocycles. The van der Waals surface area contributed by atoms with Crippen LogP contribution < -0.4 is 0 Å². The van der Waals surface area contributed by atoms with Crippen molar-refractivity contribution in [2.45, 2.75) is 44.3 Å². The first kappa shape index (κ1) is 18.4. The lowest BCUT2D eigenvalue weighted by atomic mass is 9.86. The Labute approximate surface area is 155 Å². The lowest BCUT2D eigenvalue weighted by Gasteiger charge is -2.22. The maximum Gasteiger partial charge on any atom is 0.178 e. The van der Waals surface area contributed by atoms with E-state index in [4.69, 9.17) is 0 Å². The second-order valence-electron chi connectivity index (χ2n) is 6.08. The third-order valence-electron chi connectivity index (χ3n) is 4.87. The van der Waals surface area contributed by atoms with E-state index in [-0.39, 0.29) is 15.4 Å². The zero-order valence-corrected chi connectivity index (χ0v) is 17.4. The Balaban J connectivity index is 2.45. The Kier molecular flexibility index (Phi) is 5.85. The van der Waals surface area contributed by atoms with Crippen LogP contribution in [-0.4, -0.2) is 10.6 Å². The zero-order chi connectivity index (χ0) is 17.3. The Hall–Kier alpha value is -0.930. The smallest absolute Gasteiger partial charge is 0.178 e. The first-order chi connectivity index (χ1) is 10.8. The molecule has 2 aromatic carbocycles. The Morgan fingerprint density at radius 1 is 0.783 bits per heavy atom. The van der Waals surface area contributed by atoms with Crippen LogP contribution in [0.4, 0.5) is 0 Å². The second kappa shape index (κ2) is 7.31. The normalized spacial score (nSPS) is 13.7. The minimum Gasteiger partial charge on any atom is -0.293 e. The number of hydrogen-bond acceptors (Lipinski definition) is 1. The van der Waals surface area contributed by atoms with Crippen LogP contribution in [0.2, 0.25) is 0 Å². The zero-order valence-electron chi connectivity index (χ0n) is 14.2. The van der Waals surface area contributed by atoms with Gasteiger partial charge in [0.15, 0.2) is 5.78 Å². The van der Waals surface area contributed by atoms with Crippen LogP contribution >= 0.6 is 31.9 Å². The van der Waals surface area contributed by atoms with Crippen LogP contribution in [-0.2, 0) is 0 Å². The van der Waals surface area contributed by atoms with E-state index >= 15 is 0 Å². The molecule has 0 aromatic heterocycles. The van der Waals surface area contributed by atoms with Gasteiger partial charge in [0.2, 0.25) is 0 Å². The fourth-order valence-corrected chi connectivity index (χ4v) is 4.03. The highest BCUT2D eigenvalue weighted by molar-refractivity contribution is 9.12. The number of carbonyl (C=O) groups excluding carboxylic acids is 1. The molecule has 0 aliphatic rings. The molecule has 23 heavy (non-hydrogen) atoms. The molecular weight excluding hydrogens is 416 g/mol. The number of rotatable bonds is 4. The predicted octanol–water partition coefficient (Wildman–Crippen LogP) is 6.31. The van der Waals surface area contributed by atoms with Gasteiger partial charge in [-0.2, -0.15) is 0 Å². The largest absolute Gasteiger partial charge is 0.293 e. The van der Waals surface area contributed by atoms with E-state index in [2.05, 4.69) is 52.6 Å². The lowest BCUT2D eigenvalue weighted by molar-refractivity contribution is 0.0989. The van der Waals surface area contributed by atoms with Crippen molar-refractivity contribution in [1.82, 2.24) is 0 Å². The Morgan fingerprint density at radius 3 is 1.70 bits per heavy atom. The number of carbonyl (C=O) groups is 1. The molecule has 0 aliphatic heterocycles. The van der Waals surface area contributed by atoms with E-state index in [1.165, 1.54) is 16.7 Å². The van der Waals surface area contributed by atoms with Gasteiger partial charge in [0, 0.05) is 5.56 Å². The number of Topliss-reactive ketones (excluding diaryl/α,β-unsaturated/α-hetero) is 1. The highest BCUT2D eigenvalue weighted by atomic mass is 79.9. The molecule has 0 bridgehead atoms. The Bertz CT molecular complexity index is 706. The molecule has 0 unspecified atom stereocenters. The molecule has 122 valence electrons. The van der Waals surface area contributed by atoms with Gasteiger partial charge in [0.25, 0.3) is 0 Å². The predicted molar refractivity (Wildman–Crippen MR) is 105 cm³/mol. The van der Waals surface area contributed by atoms with Crippen molar-refractivity contribution in [2.75, 3.05) is 0 Å². The third-order valence-corrected chi connectivity index (χ3v) is 7.58. The molecule has 0 saturated carbocycles. The molecule has 0 radical (unpaired) electrons. The first-order valence-corrected chi connectivity index (χ1v) is 9.54. The van der Waals surface area contributed by atoms with Gasteiger partial charge < -0.3 is 0 Å². The molecule has 0 spiro atoms. The summed E-state index contributed by atoms with van der Waals surface area (Å²) >= 11 is 7.30. The summed E-state index contributed by atoms with van der Waals surface area (Å²) in [7, 11) is 0. The highest BCUT2D eigenvalue weighted by Crippen LogP contribution is 2.36. The van der Waals surface area contributed by atoms with E-state index in [1.54, 1.807) is 0 Å². The van der Waals surface area contributed by atoms with Crippen molar-refractivity contribution in [3.63, 3.8) is 0 Å². The summed E-state index contributed by atoms with van der Waals surface area (Å²) in [5.41, 5.74) is 7.83. The third kappa shape index (κ3) is 3.46. The van der Waals surface area contributed by atoms with Gasteiger partial charge in [-0.25, -0.2) is 0 Å². The minimum absolute atomic E-state index is 0.0584. The van der Waals surface area contributed by atoms with Gasteiger partial charge in [0.1, 0.15) is 0 Å². The fraction of sp³-hybridized carbons (Fsp3) is 0.350. The van der Waals surface area contributed by atoms with E-state index in [9.17, 15) is 4.79 Å². The van der Waals surface area contributed by atoms with Crippen molar-refractivity contribution in [3.8, 4) is 0 Å². The Morgan fingerprint density at radius 2 is 1.22 bits per heavy atom. The standard InChI is InChI=1S/C20H22Br2O/c1-11-12(2)14(4)17(15(5)13(11)3)20(23)19(22)18(21)16-9-7-6-8-10-16/h6-10,18-19H,1-5H3/t18-,19+/m0/s1. The SMILES string of the molecule is Cc1c(C)c(C)c(C(=O)[C@H](Br)[C@@H](Br)c2ccccc2)c(C)c1C. The second-order valence-corrected chi connectivity index (χ2v) is 8.05. The molecule has 0 aliphatic carbocycles. The molecule has 0 N–H and O–H groups in total. The summed E-state index contributed by atoms with van der Waals surface area (Å²) in [5.74, 6) is 0.136. The number of ketones is 1. The van der Waals surface area contributed by atoms with Crippen LogP contribution in [0.1, 0.15) is 48.6 Å². The number of alkyl halides is 2. The quantitative estimate of drug-likeness (QED) is 0.404. The summed E-state index contributed by atoms with van der Waals surface area (Å²) in [4.78, 5) is 12.8. The molecule has 0 fully saturated rings. The van der Waals surface area contributed by atoms with E-state index in [0.717, 1.165) is 22.3 Å². The summed E-state index contributed by atoms with van der Waals surface area (Å²) in [5, 5.41) is 0. The van der Waals surface area contributed by atoms with Crippen molar-refractivity contribution < 1.29 is 4.79 Å². The maximum absolute atomic E-state index is 13.1. The van der Waals surface area contributed by atoms with E-state index in [1.807, 2.05) is 44.2 Å². The van der Waals surface area contributed by atoms with Gasteiger partial charge >= 0.3 is 0 Å². The first-order valence-electron chi connectivity index (χ1n) is 7.71. The van der Waals surface area contributed by atoms with Crippen LogP contribution in [0, 0.1) is 34.6 Å². The fourth-order valence-electron chi connectivity index (χ4n) is 2.95. The number of benzene rings is 2. The molecule has 2 aromatic rings. The number of halogens is 2. The molecule has 3 heteroatoms. The molecule has 1 nitrogen and oxygen atoms in total. The lowest BCUT2D eigenvalue weighted by Crippen LogP contribution is -2.22. The topological polar surface area (TPSA) is 17.1 Å². The highest BCUT2D eigenvalue weighted by Gasteiger charge is 2.29. The van der Waals surface area contributed by atoms with Gasteiger partial charge in [-0.15, -0.1) is 0 Å². The monoisotopic (exact) mass is 436 g/mol. The molecule has 0 saturated heterocycles. The van der Waals surface area contributed by atoms with E-state index in [0.29, 0.717) is 0 Å². The van der Waals surface area contributed by atoms with Crippen LogP contribution in [0.3, 0.4) is 0 Å².